The molecule has 0 aliphatic carbocycles. The molecule has 8 heteroatoms. The number of alkyl carbamates (subject to hydrolysis) is 1. The van der Waals surface area contributed by atoms with Crippen LogP contribution in [0.3, 0.4) is 0 Å². The van der Waals surface area contributed by atoms with Crippen molar-refractivity contribution in [1.82, 2.24) is 5.32 Å². The fourth-order valence-corrected chi connectivity index (χ4v) is 1.77. The molecule has 1 amide bonds. The van der Waals surface area contributed by atoms with Crippen LogP contribution >= 0.6 is 0 Å². The fourth-order valence-electron chi connectivity index (χ4n) is 1.77. The van der Waals surface area contributed by atoms with Crippen molar-refractivity contribution in [1.29, 1.82) is 0 Å². The maximum atomic E-state index is 11.5. The molecule has 118 valence electrons. The number of carboxylic acid groups (broad SMARTS) is 1. The van der Waals surface area contributed by atoms with Crippen LogP contribution in [0.25, 0.3) is 0 Å². The van der Waals surface area contributed by atoms with Gasteiger partial charge in [0, 0.05) is 18.2 Å². The maximum absolute atomic E-state index is 11.5. The number of hydrogen-bond acceptors (Lipinski definition) is 5. The molecule has 0 fully saturated rings. The summed E-state index contributed by atoms with van der Waals surface area (Å²) in [7, 11) is 0. The number of aliphatic carboxylic acids is 1. The van der Waals surface area contributed by atoms with Gasteiger partial charge in [-0.3, -0.25) is 14.9 Å². The Balaban J connectivity index is 2.71. The molecule has 1 unspecified atom stereocenters. The van der Waals surface area contributed by atoms with Crippen LogP contribution < -0.4 is 5.32 Å². The highest BCUT2D eigenvalue weighted by Gasteiger charge is 2.17. The van der Waals surface area contributed by atoms with E-state index >= 15 is 0 Å². The SMILES string of the molecule is C=CCOC(=O)NC(CC(=O)O)Cc1ccc([N+](=O)[O-])cc1. The summed E-state index contributed by atoms with van der Waals surface area (Å²) in [6, 6.07) is 5.00. The average molecular weight is 308 g/mol. The molecule has 22 heavy (non-hydrogen) atoms. The lowest BCUT2D eigenvalue weighted by Crippen LogP contribution is -2.38. The largest absolute Gasteiger partial charge is 0.481 e. The zero-order valence-corrected chi connectivity index (χ0v) is 11.7. The second kappa shape index (κ2) is 8.40. The highest BCUT2D eigenvalue weighted by atomic mass is 16.6. The van der Waals surface area contributed by atoms with Gasteiger partial charge in [-0.15, -0.1) is 0 Å². The Bertz CT molecular complexity index is 555. The smallest absolute Gasteiger partial charge is 0.407 e. The molecule has 0 heterocycles. The first-order valence-corrected chi connectivity index (χ1v) is 6.41. The van der Waals surface area contributed by atoms with Gasteiger partial charge in [0.2, 0.25) is 0 Å². The summed E-state index contributed by atoms with van der Waals surface area (Å²) in [6.07, 6.45) is 0.573. The lowest BCUT2D eigenvalue weighted by molar-refractivity contribution is -0.384. The van der Waals surface area contributed by atoms with Crippen LogP contribution in [0.4, 0.5) is 10.5 Å². The Morgan fingerprint density at radius 3 is 2.55 bits per heavy atom. The number of benzene rings is 1. The van der Waals surface area contributed by atoms with E-state index in [2.05, 4.69) is 11.9 Å². The number of nitro groups is 1. The minimum atomic E-state index is -1.07. The van der Waals surface area contributed by atoms with Crippen LogP contribution in [-0.4, -0.2) is 34.7 Å². The number of nitrogens with zero attached hydrogens (tertiary/aromatic N) is 1. The molecule has 8 nitrogen and oxygen atoms in total. The van der Waals surface area contributed by atoms with Crippen molar-refractivity contribution in [2.45, 2.75) is 18.9 Å². The predicted molar refractivity (Wildman–Crippen MR) is 77.5 cm³/mol. The van der Waals surface area contributed by atoms with Crippen molar-refractivity contribution in [3.05, 3.63) is 52.6 Å². The van der Waals surface area contributed by atoms with Gasteiger partial charge in [-0.1, -0.05) is 24.8 Å². The fraction of sp³-hybridized carbons (Fsp3) is 0.286. The van der Waals surface area contributed by atoms with Crippen molar-refractivity contribution < 1.29 is 24.4 Å². The maximum Gasteiger partial charge on any atom is 0.407 e. The molecule has 0 saturated heterocycles. The van der Waals surface area contributed by atoms with Gasteiger partial charge in [0.05, 0.1) is 11.3 Å². The summed E-state index contributed by atoms with van der Waals surface area (Å²) in [6.45, 7) is 3.41. The average Bonchev–Trinajstić information content (AvgIpc) is 2.44. The molecule has 1 aromatic rings. The van der Waals surface area contributed by atoms with Crippen molar-refractivity contribution in [3.8, 4) is 0 Å². The molecule has 1 aromatic carbocycles. The zero-order valence-electron chi connectivity index (χ0n) is 11.7. The quantitative estimate of drug-likeness (QED) is 0.430. The van der Waals surface area contributed by atoms with E-state index in [0.717, 1.165) is 0 Å². The second-order valence-electron chi connectivity index (χ2n) is 4.45. The standard InChI is InChI=1S/C14H16N2O6/c1-2-7-22-14(19)15-11(9-13(17)18)8-10-3-5-12(6-4-10)16(20)21/h2-6,11H,1,7-9H2,(H,15,19)(H,17,18). The van der Waals surface area contributed by atoms with Crippen LogP contribution in [0.5, 0.6) is 0 Å². The topological polar surface area (TPSA) is 119 Å². The van der Waals surface area contributed by atoms with E-state index in [1.165, 1.54) is 30.3 Å². The number of carboxylic acids is 1. The molecule has 0 aromatic heterocycles. The number of non-ortho nitro benzene ring substituents is 1. The van der Waals surface area contributed by atoms with Gasteiger partial charge in [-0.2, -0.15) is 0 Å². The third-order valence-electron chi connectivity index (χ3n) is 2.70. The molecular weight excluding hydrogens is 292 g/mol. The highest BCUT2D eigenvalue weighted by molar-refractivity contribution is 5.71. The first-order valence-electron chi connectivity index (χ1n) is 6.41. The molecule has 0 bridgehead atoms. The van der Waals surface area contributed by atoms with E-state index in [-0.39, 0.29) is 25.1 Å². The van der Waals surface area contributed by atoms with Crippen molar-refractivity contribution in [2.75, 3.05) is 6.61 Å². The number of hydrogen-bond donors (Lipinski definition) is 2. The number of carbonyl (C=O) groups excluding carboxylic acids is 1. The van der Waals surface area contributed by atoms with E-state index in [1.54, 1.807) is 0 Å². The lowest BCUT2D eigenvalue weighted by atomic mass is 10.0. The van der Waals surface area contributed by atoms with Crippen molar-refractivity contribution >= 4 is 17.7 Å². The Hall–Kier alpha value is -2.90. The first kappa shape index (κ1) is 17.2. The number of rotatable bonds is 8. The molecule has 1 rings (SSSR count). The molecule has 0 aliphatic heterocycles. The van der Waals surface area contributed by atoms with Crippen LogP contribution in [0.1, 0.15) is 12.0 Å². The third kappa shape index (κ3) is 6.04. The Morgan fingerprint density at radius 2 is 2.05 bits per heavy atom. The molecule has 0 radical (unpaired) electrons. The van der Waals surface area contributed by atoms with E-state index in [0.29, 0.717) is 5.56 Å². The third-order valence-corrected chi connectivity index (χ3v) is 2.70. The minimum absolute atomic E-state index is 0.0170. The Morgan fingerprint density at radius 1 is 1.41 bits per heavy atom. The monoisotopic (exact) mass is 308 g/mol. The van der Waals surface area contributed by atoms with Crippen LogP contribution in [0.15, 0.2) is 36.9 Å². The van der Waals surface area contributed by atoms with Crippen LogP contribution in [0.2, 0.25) is 0 Å². The Kier molecular flexibility index (Phi) is 6.55. The molecule has 0 spiro atoms. The number of nitro benzene ring substituents is 1. The number of ether oxygens (including phenoxy) is 1. The van der Waals surface area contributed by atoms with Gasteiger partial charge in [0.25, 0.3) is 5.69 Å². The van der Waals surface area contributed by atoms with Crippen molar-refractivity contribution in [2.24, 2.45) is 0 Å². The number of carbonyl (C=O) groups is 2. The van der Waals surface area contributed by atoms with Crippen LogP contribution in [-0.2, 0) is 16.0 Å². The minimum Gasteiger partial charge on any atom is -0.481 e. The van der Waals surface area contributed by atoms with Crippen molar-refractivity contribution in [3.63, 3.8) is 0 Å². The highest BCUT2D eigenvalue weighted by Crippen LogP contribution is 2.14. The summed E-state index contributed by atoms with van der Waals surface area (Å²) >= 11 is 0. The van der Waals surface area contributed by atoms with E-state index in [9.17, 15) is 19.7 Å². The predicted octanol–water partition coefficient (Wildman–Crippen LogP) is 1.89. The molecule has 1 atom stereocenters. The zero-order chi connectivity index (χ0) is 16.5. The Labute approximate surface area is 126 Å². The molecular formula is C14H16N2O6. The van der Waals surface area contributed by atoms with Gasteiger partial charge in [-0.25, -0.2) is 4.79 Å². The summed E-state index contributed by atoms with van der Waals surface area (Å²) < 4.78 is 4.74. The van der Waals surface area contributed by atoms with E-state index < -0.39 is 23.0 Å². The summed E-state index contributed by atoms with van der Waals surface area (Å²) in [5.41, 5.74) is 0.609. The summed E-state index contributed by atoms with van der Waals surface area (Å²) in [4.78, 5) is 32.4. The molecule has 0 saturated carbocycles. The normalized spacial score (nSPS) is 11.3. The van der Waals surface area contributed by atoms with Gasteiger partial charge in [0.15, 0.2) is 0 Å². The van der Waals surface area contributed by atoms with E-state index in [1.807, 2.05) is 0 Å². The molecule has 2 N–H and O–H groups in total. The van der Waals surface area contributed by atoms with Gasteiger partial charge in [0.1, 0.15) is 6.61 Å². The number of nitrogens with one attached hydrogen (secondary N) is 1. The number of amides is 1. The van der Waals surface area contributed by atoms with E-state index in [4.69, 9.17) is 9.84 Å². The summed E-state index contributed by atoms with van der Waals surface area (Å²) in [5, 5.41) is 21.9. The first-order chi connectivity index (χ1) is 10.4. The van der Waals surface area contributed by atoms with Gasteiger partial charge >= 0.3 is 12.1 Å². The lowest BCUT2D eigenvalue weighted by Gasteiger charge is -2.16. The van der Waals surface area contributed by atoms with Gasteiger partial charge < -0.3 is 15.2 Å². The second-order valence-corrected chi connectivity index (χ2v) is 4.45. The summed E-state index contributed by atoms with van der Waals surface area (Å²) in [5.74, 6) is -1.07. The van der Waals surface area contributed by atoms with Gasteiger partial charge in [-0.05, 0) is 12.0 Å². The molecule has 0 aliphatic rings. The van der Waals surface area contributed by atoms with Crippen LogP contribution in [0, 0.1) is 10.1 Å².